The van der Waals surface area contributed by atoms with E-state index in [1.807, 2.05) is 0 Å². The van der Waals surface area contributed by atoms with Gasteiger partial charge in [-0.2, -0.15) is 0 Å². The molecule has 2 atom stereocenters. The van der Waals surface area contributed by atoms with E-state index in [1.54, 1.807) is 0 Å². The van der Waals surface area contributed by atoms with Crippen molar-refractivity contribution in [3.63, 3.8) is 0 Å². The molecule has 16 heavy (non-hydrogen) atoms. The fourth-order valence-electron chi connectivity index (χ4n) is 2.84. The smallest absolute Gasteiger partial charge is 0.0223 e. The maximum Gasteiger partial charge on any atom is 0.0223 e. The van der Waals surface area contributed by atoms with E-state index in [1.165, 1.54) is 25.9 Å². The molecule has 1 fully saturated rings. The van der Waals surface area contributed by atoms with Crippen molar-refractivity contribution in [1.29, 1.82) is 0 Å². The van der Waals surface area contributed by atoms with Crippen LogP contribution >= 0.6 is 0 Å². The van der Waals surface area contributed by atoms with Gasteiger partial charge in [0.15, 0.2) is 0 Å². The molecule has 0 aromatic carbocycles. The second-order valence-corrected chi connectivity index (χ2v) is 6.45. The summed E-state index contributed by atoms with van der Waals surface area (Å²) < 4.78 is 0. The number of hydrogen-bond acceptors (Lipinski definition) is 2. The van der Waals surface area contributed by atoms with Gasteiger partial charge in [0.1, 0.15) is 0 Å². The first-order valence-electron chi connectivity index (χ1n) is 6.80. The Hall–Kier alpha value is -0.0800. The molecule has 0 aromatic rings. The van der Waals surface area contributed by atoms with Crippen LogP contribution in [0.4, 0.5) is 0 Å². The Morgan fingerprint density at radius 3 is 1.38 bits per heavy atom. The summed E-state index contributed by atoms with van der Waals surface area (Å²) in [4.78, 5) is 5.15. The third kappa shape index (κ3) is 4.06. The summed E-state index contributed by atoms with van der Waals surface area (Å²) in [7, 11) is 4.60. The molecule has 2 nitrogen and oxygen atoms in total. The zero-order valence-electron chi connectivity index (χ0n) is 12.0. The maximum absolute atomic E-state index is 2.58. The lowest BCUT2D eigenvalue weighted by molar-refractivity contribution is 0.0443. The number of rotatable bonds is 4. The van der Waals surface area contributed by atoms with Gasteiger partial charge in [0.25, 0.3) is 0 Å². The lowest BCUT2D eigenvalue weighted by Gasteiger charge is -2.44. The minimum absolute atomic E-state index is 0.758. The van der Waals surface area contributed by atoms with Crippen molar-refractivity contribution in [1.82, 2.24) is 9.80 Å². The SMILES string of the molecule is CC(C)C[C@H]1CN(C)[C@@H](CC(C)C)CN1C. The summed E-state index contributed by atoms with van der Waals surface area (Å²) in [6, 6.07) is 1.52. The van der Waals surface area contributed by atoms with E-state index in [9.17, 15) is 0 Å². The molecule has 0 aromatic heterocycles. The molecule has 96 valence electrons. The molecule has 0 amide bonds. The highest BCUT2D eigenvalue weighted by atomic mass is 15.3. The van der Waals surface area contributed by atoms with E-state index in [0.29, 0.717) is 0 Å². The van der Waals surface area contributed by atoms with E-state index >= 15 is 0 Å². The van der Waals surface area contributed by atoms with Crippen LogP contribution in [0.2, 0.25) is 0 Å². The van der Waals surface area contributed by atoms with Gasteiger partial charge in [0, 0.05) is 25.2 Å². The first-order valence-corrected chi connectivity index (χ1v) is 6.80. The van der Waals surface area contributed by atoms with E-state index < -0.39 is 0 Å². The van der Waals surface area contributed by atoms with Crippen LogP contribution in [0.25, 0.3) is 0 Å². The predicted octanol–water partition coefficient (Wildman–Crippen LogP) is 2.69. The quantitative estimate of drug-likeness (QED) is 0.727. The van der Waals surface area contributed by atoms with Crippen molar-refractivity contribution in [2.45, 2.75) is 52.6 Å². The molecule has 1 aliphatic heterocycles. The van der Waals surface area contributed by atoms with Gasteiger partial charge in [-0.25, -0.2) is 0 Å². The van der Waals surface area contributed by atoms with E-state index in [4.69, 9.17) is 0 Å². The van der Waals surface area contributed by atoms with Crippen LogP contribution < -0.4 is 0 Å². The van der Waals surface area contributed by atoms with Crippen molar-refractivity contribution in [2.75, 3.05) is 27.2 Å². The van der Waals surface area contributed by atoms with E-state index in [-0.39, 0.29) is 0 Å². The van der Waals surface area contributed by atoms with Crippen molar-refractivity contribution < 1.29 is 0 Å². The summed E-state index contributed by atoms with van der Waals surface area (Å²) in [5.41, 5.74) is 0. The third-order valence-corrected chi connectivity index (χ3v) is 3.73. The standard InChI is InChI=1S/C14H30N2/c1-11(2)7-13-9-16(6)14(8-12(3)4)10-15(13)5/h11-14H,7-10H2,1-6H3/t13-,14-/m0/s1. The van der Waals surface area contributed by atoms with E-state index in [0.717, 1.165) is 23.9 Å². The Morgan fingerprint density at radius 2 is 1.12 bits per heavy atom. The molecular weight excluding hydrogens is 196 g/mol. The minimum Gasteiger partial charge on any atom is -0.301 e. The van der Waals surface area contributed by atoms with Crippen molar-refractivity contribution in [3.8, 4) is 0 Å². The number of nitrogens with zero attached hydrogens (tertiary/aromatic N) is 2. The third-order valence-electron chi connectivity index (χ3n) is 3.73. The molecule has 0 bridgehead atoms. The number of hydrogen-bond donors (Lipinski definition) is 0. The van der Waals surface area contributed by atoms with Gasteiger partial charge >= 0.3 is 0 Å². The Kier molecular flexibility index (Phi) is 5.26. The summed E-state index contributed by atoms with van der Waals surface area (Å²) >= 11 is 0. The molecule has 1 saturated heterocycles. The first kappa shape index (κ1) is 14.0. The van der Waals surface area contributed by atoms with Gasteiger partial charge in [0.05, 0.1) is 0 Å². The van der Waals surface area contributed by atoms with Gasteiger partial charge in [-0.15, -0.1) is 0 Å². The predicted molar refractivity (Wildman–Crippen MR) is 71.7 cm³/mol. The molecule has 1 rings (SSSR count). The largest absolute Gasteiger partial charge is 0.301 e. The van der Waals surface area contributed by atoms with Crippen LogP contribution in [0.5, 0.6) is 0 Å². The van der Waals surface area contributed by atoms with Gasteiger partial charge in [-0.05, 0) is 38.8 Å². The molecule has 0 spiro atoms. The Labute approximate surface area is 102 Å². The average Bonchev–Trinajstić information content (AvgIpc) is 2.11. The minimum atomic E-state index is 0.758. The lowest BCUT2D eigenvalue weighted by atomic mass is 9.95. The highest BCUT2D eigenvalue weighted by Crippen LogP contribution is 2.21. The first-order chi connectivity index (χ1) is 7.40. The van der Waals surface area contributed by atoms with Crippen LogP contribution in [-0.2, 0) is 0 Å². The van der Waals surface area contributed by atoms with Gasteiger partial charge in [0.2, 0.25) is 0 Å². The Morgan fingerprint density at radius 1 is 0.812 bits per heavy atom. The van der Waals surface area contributed by atoms with Crippen LogP contribution in [0.1, 0.15) is 40.5 Å². The topological polar surface area (TPSA) is 6.48 Å². The van der Waals surface area contributed by atoms with Crippen molar-refractivity contribution in [2.24, 2.45) is 11.8 Å². The summed E-state index contributed by atoms with van der Waals surface area (Å²) in [5.74, 6) is 1.62. The molecule has 0 aliphatic carbocycles. The average molecular weight is 226 g/mol. The normalized spacial score (nSPS) is 29.2. The Balaban J connectivity index is 2.49. The van der Waals surface area contributed by atoms with Crippen LogP contribution in [0.15, 0.2) is 0 Å². The van der Waals surface area contributed by atoms with Crippen LogP contribution in [-0.4, -0.2) is 49.1 Å². The lowest BCUT2D eigenvalue weighted by Crippen LogP contribution is -2.56. The van der Waals surface area contributed by atoms with E-state index in [2.05, 4.69) is 51.6 Å². The molecule has 1 aliphatic rings. The van der Waals surface area contributed by atoms with Gasteiger partial charge < -0.3 is 9.80 Å². The highest BCUT2D eigenvalue weighted by molar-refractivity contribution is 4.86. The zero-order valence-corrected chi connectivity index (χ0v) is 12.0. The molecular formula is C14H30N2. The zero-order chi connectivity index (χ0) is 12.3. The summed E-state index contributed by atoms with van der Waals surface area (Å²) in [6.07, 6.45) is 2.66. The monoisotopic (exact) mass is 226 g/mol. The van der Waals surface area contributed by atoms with Crippen LogP contribution in [0.3, 0.4) is 0 Å². The maximum atomic E-state index is 2.58. The second-order valence-electron chi connectivity index (χ2n) is 6.45. The number of likely N-dealkylation sites (N-methyl/N-ethyl adjacent to an activating group) is 2. The molecule has 1 heterocycles. The summed E-state index contributed by atoms with van der Waals surface area (Å²) in [5, 5.41) is 0. The molecule has 0 radical (unpaired) electrons. The highest BCUT2D eigenvalue weighted by Gasteiger charge is 2.29. The molecule has 0 saturated carbocycles. The number of piperazine rings is 1. The van der Waals surface area contributed by atoms with Gasteiger partial charge in [-0.1, -0.05) is 27.7 Å². The molecule has 0 unspecified atom stereocenters. The van der Waals surface area contributed by atoms with Gasteiger partial charge in [-0.3, -0.25) is 0 Å². The molecule has 2 heteroatoms. The Bertz CT molecular complexity index is 179. The van der Waals surface area contributed by atoms with Crippen molar-refractivity contribution >= 4 is 0 Å². The summed E-state index contributed by atoms with van der Waals surface area (Å²) in [6.45, 7) is 11.8. The fourth-order valence-corrected chi connectivity index (χ4v) is 2.84. The van der Waals surface area contributed by atoms with Crippen molar-refractivity contribution in [3.05, 3.63) is 0 Å². The molecule has 0 N–H and O–H groups in total. The van der Waals surface area contributed by atoms with Crippen LogP contribution in [0, 0.1) is 11.8 Å². The second kappa shape index (κ2) is 6.02. The fraction of sp³-hybridized carbons (Fsp3) is 1.00.